The van der Waals surface area contributed by atoms with Crippen LogP contribution >= 0.6 is 11.3 Å². The molecule has 0 radical (unpaired) electrons. The predicted octanol–water partition coefficient (Wildman–Crippen LogP) is 3.32. The highest BCUT2D eigenvalue weighted by atomic mass is 32.1. The Morgan fingerprint density at radius 2 is 1.79 bits per heavy atom. The van der Waals surface area contributed by atoms with Crippen molar-refractivity contribution < 1.29 is 9.59 Å². The summed E-state index contributed by atoms with van der Waals surface area (Å²) >= 11 is 1.76. The van der Waals surface area contributed by atoms with Crippen LogP contribution in [0.2, 0.25) is 0 Å². The van der Waals surface area contributed by atoms with Gasteiger partial charge in [-0.15, -0.1) is 11.3 Å². The number of likely N-dealkylation sites (tertiary alicyclic amines) is 2. The maximum absolute atomic E-state index is 12.6. The molecule has 1 aromatic rings. The van der Waals surface area contributed by atoms with Crippen LogP contribution in [0.1, 0.15) is 49.8 Å². The van der Waals surface area contributed by atoms with E-state index >= 15 is 0 Å². The molecule has 1 aromatic heterocycles. The van der Waals surface area contributed by atoms with E-state index in [0.717, 1.165) is 64.7 Å². The number of hydrogen-bond donors (Lipinski definition) is 0. The summed E-state index contributed by atoms with van der Waals surface area (Å²) in [7, 11) is 0. The molecule has 0 spiro atoms. The van der Waals surface area contributed by atoms with Crippen molar-refractivity contribution in [3.63, 3.8) is 0 Å². The number of hydrogen-bond acceptors (Lipinski definition) is 3. The second-order valence-electron chi connectivity index (χ2n) is 6.97. The Kier molecular flexibility index (Phi) is 6.30. The summed E-state index contributed by atoms with van der Waals surface area (Å²) in [6.45, 7) is 3.37. The molecule has 3 heterocycles. The number of piperidine rings is 2. The highest BCUT2D eigenvalue weighted by molar-refractivity contribution is 7.09. The Balaban J connectivity index is 1.37. The van der Waals surface area contributed by atoms with E-state index in [4.69, 9.17) is 0 Å². The minimum atomic E-state index is 0.137. The molecule has 2 amide bonds. The lowest BCUT2D eigenvalue weighted by atomic mass is 9.94. The molecule has 0 saturated carbocycles. The molecular formula is C19H28N2O2S. The van der Waals surface area contributed by atoms with E-state index in [9.17, 15) is 9.59 Å². The van der Waals surface area contributed by atoms with Crippen molar-refractivity contribution in [2.45, 2.75) is 51.4 Å². The summed E-state index contributed by atoms with van der Waals surface area (Å²) < 4.78 is 0. The quantitative estimate of drug-likeness (QED) is 0.819. The molecule has 0 aromatic carbocycles. The molecule has 3 rings (SSSR count). The largest absolute Gasteiger partial charge is 0.343 e. The molecule has 2 aliphatic rings. The first-order chi connectivity index (χ1) is 11.7. The first kappa shape index (κ1) is 17.5. The van der Waals surface area contributed by atoms with Gasteiger partial charge < -0.3 is 9.80 Å². The van der Waals surface area contributed by atoms with E-state index in [1.165, 1.54) is 11.3 Å². The standard InChI is InChI=1S/C19H28N2O2S/c22-18(8-4-6-17-7-5-15-24-17)20-13-9-16(10-14-20)19(23)21-11-2-1-3-12-21/h5,7,15-16H,1-4,6,8-14H2. The Hall–Kier alpha value is -1.36. The van der Waals surface area contributed by atoms with Gasteiger partial charge in [0.05, 0.1) is 0 Å². The van der Waals surface area contributed by atoms with Crippen molar-refractivity contribution >= 4 is 23.2 Å². The van der Waals surface area contributed by atoms with Crippen LogP contribution in [0.4, 0.5) is 0 Å². The lowest BCUT2D eigenvalue weighted by molar-refractivity contribution is -0.141. The third-order valence-electron chi connectivity index (χ3n) is 5.26. The van der Waals surface area contributed by atoms with Gasteiger partial charge in [0.25, 0.3) is 0 Å². The van der Waals surface area contributed by atoms with Gasteiger partial charge in [-0.2, -0.15) is 0 Å². The molecule has 2 fully saturated rings. The number of carbonyl (C=O) groups excluding carboxylic acids is 2. The first-order valence-electron chi connectivity index (χ1n) is 9.33. The summed E-state index contributed by atoms with van der Waals surface area (Å²) in [5.41, 5.74) is 0. The van der Waals surface area contributed by atoms with Crippen LogP contribution in [0.25, 0.3) is 0 Å². The lowest BCUT2D eigenvalue weighted by Crippen LogP contribution is -2.45. The Bertz CT molecular complexity index is 530. The van der Waals surface area contributed by atoms with E-state index in [0.29, 0.717) is 12.3 Å². The number of amides is 2. The first-order valence-corrected chi connectivity index (χ1v) is 10.2. The summed E-state index contributed by atoms with van der Waals surface area (Å²) in [6, 6.07) is 4.19. The number of carbonyl (C=O) groups is 2. The smallest absolute Gasteiger partial charge is 0.225 e. The van der Waals surface area contributed by atoms with Gasteiger partial charge in [-0.05, 0) is 56.4 Å². The molecule has 0 bridgehead atoms. The fraction of sp³-hybridized carbons (Fsp3) is 0.684. The summed E-state index contributed by atoms with van der Waals surface area (Å²) in [6.07, 6.45) is 7.77. The zero-order chi connectivity index (χ0) is 16.8. The van der Waals surface area contributed by atoms with Gasteiger partial charge in [0.1, 0.15) is 0 Å². The summed E-state index contributed by atoms with van der Waals surface area (Å²) in [4.78, 5) is 30.3. The van der Waals surface area contributed by atoms with Crippen LogP contribution in [0, 0.1) is 5.92 Å². The van der Waals surface area contributed by atoms with Crippen LogP contribution in [0.5, 0.6) is 0 Å². The van der Waals surface area contributed by atoms with Gasteiger partial charge in [0.2, 0.25) is 11.8 Å². The van der Waals surface area contributed by atoms with Gasteiger partial charge in [-0.1, -0.05) is 6.07 Å². The van der Waals surface area contributed by atoms with E-state index < -0.39 is 0 Å². The fourth-order valence-electron chi connectivity index (χ4n) is 3.78. The van der Waals surface area contributed by atoms with Crippen LogP contribution in [-0.4, -0.2) is 47.8 Å². The van der Waals surface area contributed by atoms with Gasteiger partial charge in [-0.3, -0.25) is 9.59 Å². The molecule has 0 aliphatic carbocycles. The molecule has 0 unspecified atom stereocenters. The van der Waals surface area contributed by atoms with Crippen molar-refractivity contribution in [3.8, 4) is 0 Å². The second kappa shape index (κ2) is 8.65. The van der Waals surface area contributed by atoms with Gasteiger partial charge in [0.15, 0.2) is 0 Å². The topological polar surface area (TPSA) is 40.6 Å². The van der Waals surface area contributed by atoms with Crippen LogP contribution in [0.15, 0.2) is 17.5 Å². The molecular weight excluding hydrogens is 320 g/mol. The second-order valence-corrected chi connectivity index (χ2v) is 8.01. The summed E-state index contributed by atoms with van der Waals surface area (Å²) in [5.74, 6) is 0.730. The molecule has 0 N–H and O–H groups in total. The molecule has 5 heteroatoms. The minimum Gasteiger partial charge on any atom is -0.343 e. The van der Waals surface area contributed by atoms with E-state index in [1.54, 1.807) is 11.3 Å². The van der Waals surface area contributed by atoms with Crippen molar-refractivity contribution in [1.82, 2.24) is 9.80 Å². The SMILES string of the molecule is O=C(CCCc1cccs1)N1CCC(C(=O)N2CCCCC2)CC1. The average molecular weight is 349 g/mol. The number of nitrogens with zero attached hydrogens (tertiary/aromatic N) is 2. The molecule has 132 valence electrons. The lowest BCUT2D eigenvalue weighted by Gasteiger charge is -2.35. The molecule has 4 nitrogen and oxygen atoms in total. The van der Waals surface area contributed by atoms with Gasteiger partial charge in [-0.25, -0.2) is 0 Å². The number of rotatable bonds is 5. The predicted molar refractivity (Wildman–Crippen MR) is 97.0 cm³/mol. The van der Waals surface area contributed by atoms with Crippen LogP contribution < -0.4 is 0 Å². The van der Waals surface area contributed by atoms with Crippen LogP contribution in [0.3, 0.4) is 0 Å². The van der Waals surface area contributed by atoms with Crippen molar-refractivity contribution in [3.05, 3.63) is 22.4 Å². The molecule has 2 saturated heterocycles. The normalized spacial score (nSPS) is 19.5. The van der Waals surface area contributed by atoms with Crippen molar-refractivity contribution in [1.29, 1.82) is 0 Å². The molecule has 24 heavy (non-hydrogen) atoms. The number of thiophene rings is 1. The molecule has 0 atom stereocenters. The Labute approximate surface area is 148 Å². The highest BCUT2D eigenvalue weighted by Gasteiger charge is 2.30. The van der Waals surface area contributed by atoms with Crippen LogP contribution in [-0.2, 0) is 16.0 Å². The maximum Gasteiger partial charge on any atom is 0.225 e. The highest BCUT2D eigenvalue weighted by Crippen LogP contribution is 2.22. The van der Waals surface area contributed by atoms with Crippen molar-refractivity contribution in [2.24, 2.45) is 5.92 Å². The molecule has 2 aliphatic heterocycles. The third-order valence-corrected chi connectivity index (χ3v) is 6.19. The van der Waals surface area contributed by atoms with Gasteiger partial charge >= 0.3 is 0 Å². The monoisotopic (exact) mass is 348 g/mol. The zero-order valence-corrected chi connectivity index (χ0v) is 15.2. The van der Waals surface area contributed by atoms with E-state index in [2.05, 4.69) is 17.5 Å². The minimum absolute atomic E-state index is 0.137. The van der Waals surface area contributed by atoms with Gasteiger partial charge in [0, 0.05) is 43.4 Å². The van der Waals surface area contributed by atoms with E-state index in [1.807, 2.05) is 9.80 Å². The van der Waals surface area contributed by atoms with E-state index in [-0.39, 0.29) is 11.8 Å². The fourth-order valence-corrected chi connectivity index (χ4v) is 4.53. The Morgan fingerprint density at radius 3 is 2.46 bits per heavy atom. The van der Waals surface area contributed by atoms with Crippen molar-refractivity contribution in [2.75, 3.05) is 26.2 Å². The Morgan fingerprint density at radius 1 is 1.04 bits per heavy atom. The zero-order valence-electron chi connectivity index (χ0n) is 14.4. The average Bonchev–Trinajstić information content (AvgIpc) is 3.15. The maximum atomic E-state index is 12.6. The summed E-state index contributed by atoms with van der Waals surface area (Å²) in [5, 5.41) is 2.08. The third kappa shape index (κ3) is 4.59. The number of aryl methyl sites for hydroxylation is 1.